The average molecular weight is 788 g/mol. The van der Waals surface area contributed by atoms with E-state index in [4.69, 9.17) is 33.0 Å². The van der Waals surface area contributed by atoms with E-state index in [0.717, 1.165) is 22.3 Å². The van der Waals surface area contributed by atoms with Gasteiger partial charge in [0, 0.05) is 5.56 Å². The molecule has 4 atom stereocenters. The van der Waals surface area contributed by atoms with Crippen LogP contribution in [0.2, 0.25) is 5.04 Å². The molecule has 4 heterocycles. The van der Waals surface area contributed by atoms with Crippen molar-refractivity contribution < 1.29 is 23.1 Å². The quantitative estimate of drug-likeness (QED) is 0.103. The third-order valence-corrected chi connectivity index (χ3v) is 16.6. The Morgan fingerprint density at radius 1 is 0.655 bits per heavy atom. The summed E-state index contributed by atoms with van der Waals surface area (Å²) >= 11 is 0. The lowest BCUT2D eigenvalue weighted by molar-refractivity contribution is -0.190. The van der Waals surface area contributed by atoms with Crippen molar-refractivity contribution in [1.82, 2.24) is 9.97 Å². The number of anilines is 1. The van der Waals surface area contributed by atoms with Crippen LogP contribution in [0.5, 0.6) is 0 Å². The van der Waals surface area contributed by atoms with Crippen molar-refractivity contribution in [2.45, 2.75) is 75.4 Å². The van der Waals surface area contributed by atoms with Crippen LogP contribution >= 0.6 is 0 Å². The molecule has 0 spiro atoms. The van der Waals surface area contributed by atoms with Crippen molar-refractivity contribution in [3.63, 3.8) is 0 Å². The summed E-state index contributed by atoms with van der Waals surface area (Å²) in [6.07, 6.45) is 1.55. The molecule has 7 aromatic rings. The van der Waals surface area contributed by atoms with E-state index in [9.17, 15) is 0 Å². The lowest BCUT2D eigenvalue weighted by Crippen LogP contribution is -2.67. The highest BCUT2D eigenvalue weighted by Crippen LogP contribution is 2.49. The van der Waals surface area contributed by atoms with Gasteiger partial charge in [-0.25, -0.2) is 9.97 Å². The molecular formula is C49H49N3O5Si. The van der Waals surface area contributed by atoms with E-state index in [0.29, 0.717) is 23.5 Å². The molecule has 9 heteroatoms. The fourth-order valence-corrected chi connectivity index (χ4v) is 13.7. The second-order valence-corrected chi connectivity index (χ2v) is 21.0. The highest BCUT2D eigenvalue weighted by molar-refractivity contribution is 6.99. The zero-order valence-corrected chi connectivity index (χ0v) is 34.5. The third-order valence-electron chi connectivity index (χ3n) is 11.6. The van der Waals surface area contributed by atoms with Crippen LogP contribution in [-0.2, 0) is 24.2 Å². The van der Waals surface area contributed by atoms with E-state index in [2.05, 4.69) is 160 Å². The Labute approximate surface area is 341 Å². The zero-order valence-electron chi connectivity index (χ0n) is 33.5. The molecular weight excluding hydrogens is 739 g/mol. The standard InChI is InChI=1S/C49H49N3O5Si/c1-47(2,3)58(37-27-17-9-18-28-37,38-29-19-10-20-30-38)54-32-40-43-45(57-48(4,5)56-43)42(55-40)39-31-53-44-41(39)50-33-51-46(44)52-49(34-21-11-6-12-22-34,35-23-13-7-14-24-35)36-25-15-8-16-26-36/h6-31,33,40,42-43,45H,32H2,1-5H3,(H,50,51,52)/t40-,42+,43-,45+/m1/s1. The van der Waals surface area contributed by atoms with E-state index in [1.54, 1.807) is 12.6 Å². The van der Waals surface area contributed by atoms with Gasteiger partial charge in [0.05, 0.1) is 12.9 Å². The van der Waals surface area contributed by atoms with Gasteiger partial charge in [-0.3, -0.25) is 0 Å². The van der Waals surface area contributed by atoms with Crippen LogP contribution in [-0.4, -0.2) is 49.0 Å². The maximum atomic E-state index is 7.40. The Morgan fingerprint density at radius 3 is 1.64 bits per heavy atom. The van der Waals surface area contributed by atoms with E-state index < -0.39 is 38.0 Å². The number of aromatic nitrogens is 2. The van der Waals surface area contributed by atoms with Gasteiger partial charge in [-0.1, -0.05) is 172 Å². The SMILES string of the molecule is CC1(C)O[C@@H]2[C@H](O1)[C@@H](CO[Si](c1ccccc1)(c1ccccc1)C(C)(C)C)O[C@H]2c1coc2c(NC(c3ccccc3)(c3ccccc3)c3ccccc3)ncnc12. The number of ether oxygens (including phenoxy) is 3. The first kappa shape index (κ1) is 38.1. The van der Waals surface area contributed by atoms with Crippen LogP contribution in [0.15, 0.2) is 169 Å². The highest BCUT2D eigenvalue weighted by atomic mass is 28.4. The Morgan fingerprint density at radius 2 is 1.14 bits per heavy atom. The summed E-state index contributed by atoms with van der Waals surface area (Å²) in [7, 11) is -2.87. The zero-order chi connectivity index (χ0) is 40.0. The van der Waals surface area contributed by atoms with Gasteiger partial charge in [0.2, 0.25) is 0 Å². The van der Waals surface area contributed by atoms with Gasteiger partial charge >= 0.3 is 0 Å². The van der Waals surface area contributed by atoms with Crippen LogP contribution in [0.4, 0.5) is 5.82 Å². The van der Waals surface area contributed by atoms with Crippen LogP contribution < -0.4 is 15.7 Å². The molecule has 58 heavy (non-hydrogen) atoms. The molecule has 5 aromatic carbocycles. The van der Waals surface area contributed by atoms with Crippen molar-refractivity contribution in [2.24, 2.45) is 0 Å². The molecule has 0 bridgehead atoms. The smallest absolute Gasteiger partial charge is 0.261 e. The second-order valence-electron chi connectivity index (χ2n) is 16.7. The normalized spacial score (nSPS) is 20.6. The number of hydrogen-bond acceptors (Lipinski definition) is 8. The molecule has 0 saturated carbocycles. The topological polar surface area (TPSA) is 87.9 Å². The Bertz CT molecular complexity index is 2320. The second kappa shape index (κ2) is 15.1. The van der Waals surface area contributed by atoms with E-state index in [-0.39, 0.29) is 11.1 Å². The van der Waals surface area contributed by atoms with E-state index in [1.807, 2.05) is 32.0 Å². The molecule has 8 nitrogen and oxygen atoms in total. The molecule has 0 radical (unpaired) electrons. The Hall–Kier alpha value is -5.42. The van der Waals surface area contributed by atoms with Crippen LogP contribution in [0, 0.1) is 0 Å². The Balaban J connectivity index is 1.10. The Kier molecular flexibility index (Phi) is 9.90. The monoisotopic (exact) mass is 787 g/mol. The first-order valence-corrected chi connectivity index (χ1v) is 21.9. The van der Waals surface area contributed by atoms with Crippen molar-refractivity contribution in [1.29, 1.82) is 0 Å². The van der Waals surface area contributed by atoms with Gasteiger partial charge in [-0.15, -0.1) is 0 Å². The van der Waals surface area contributed by atoms with Gasteiger partial charge in [-0.2, -0.15) is 0 Å². The maximum absolute atomic E-state index is 7.40. The lowest BCUT2D eigenvalue weighted by Gasteiger charge is -2.43. The minimum atomic E-state index is -2.87. The molecule has 2 fully saturated rings. The van der Waals surface area contributed by atoms with E-state index >= 15 is 0 Å². The van der Waals surface area contributed by atoms with Gasteiger partial charge < -0.3 is 28.4 Å². The lowest BCUT2D eigenvalue weighted by atomic mass is 9.77. The fourth-order valence-electron chi connectivity index (χ4n) is 9.15. The molecule has 1 N–H and O–H groups in total. The first-order chi connectivity index (χ1) is 28.1. The average Bonchev–Trinajstić information content (AvgIpc) is 3.92. The molecule has 2 saturated heterocycles. The van der Waals surface area contributed by atoms with Crippen LogP contribution in [0.1, 0.15) is 63.0 Å². The molecule has 9 rings (SSSR count). The summed E-state index contributed by atoms with van der Waals surface area (Å²) in [6, 6.07) is 52.6. The number of furan rings is 1. The predicted octanol–water partition coefficient (Wildman–Crippen LogP) is 9.16. The number of hydrogen-bond donors (Lipinski definition) is 1. The van der Waals surface area contributed by atoms with Crippen molar-refractivity contribution >= 4 is 35.6 Å². The summed E-state index contributed by atoms with van der Waals surface area (Å²) < 4.78 is 34.2. The predicted molar refractivity (Wildman–Crippen MR) is 230 cm³/mol. The number of fused-ring (bicyclic) bond motifs is 2. The molecule has 0 aliphatic carbocycles. The summed E-state index contributed by atoms with van der Waals surface area (Å²) in [5.41, 5.74) is 4.28. The minimum absolute atomic E-state index is 0.199. The largest absolute Gasteiger partial charge is 0.458 e. The van der Waals surface area contributed by atoms with Crippen LogP contribution in [0.25, 0.3) is 11.1 Å². The number of rotatable bonds is 11. The fraction of sp³-hybridized carbons (Fsp3) is 0.265. The molecule has 2 aliphatic heterocycles. The molecule has 294 valence electrons. The summed E-state index contributed by atoms with van der Waals surface area (Å²) in [4.78, 5) is 9.64. The van der Waals surface area contributed by atoms with E-state index in [1.165, 1.54) is 10.4 Å². The third kappa shape index (κ3) is 6.57. The molecule has 2 aliphatic rings. The number of benzene rings is 5. The highest BCUT2D eigenvalue weighted by Gasteiger charge is 2.58. The van der Waals surface area contributed by atoms with Gasteiger partial charge in [0.15, 0.2) is 17.2 Å². The molecule has 0 amide bonds. The summed E-state index contributed by atoms with van der Waals surface area (Å²) in [5.74, 6) is -0.271. The van der Waals surface area contributed by atoms with Gasteiger partial charge in [0.25, 0.3) is 8.32 Å². The first-order valence-electron chi connectivity index (χ1n) is 20.0. The minimum Gasteiger partial charge on any atom is -0.458 e. The maximum Gasteiger partial charge on any atom is 0.261 e. The van der Waals surface area contributed by atoms with Crippen molar-refractivity contribution in [2.75, 3.05) is 11.9 Å². The molecule has 2 aromatic heterocycles. The number of nitrogens with one attached hydrogen (secondary N) is 1. The number of nitrogens with zero attached hydrogens (tertiary/aromatic N) is 2. The summed E-state index contributed by atoms with van der Waals surface area (Å²) in [6.45, 7) is 11.1. The van der Waals surface area contributed by atoms with Gasteiger partial charge in [-0.05, 0) is 45.9 Å². The van der Waals surface area contributed by atoms with Crippen molar-refractivity contribution in [3.05, 3.63) is 187 Å². The van der Waals surface area contributed by atoms with Gasteiger partial charge in [0.1, 0.15) is 41.8 Å². The molecule has 0 unspecified atom stereocenters. The van der Waals surface area contributed by atoms with Crippen LogP contribution in [0.3, 0.4) is 0 Å². The van der Waals surface area contributed by atoms with Crippen molar-refractivity contribution in [3.8, 4) is 0 Å². The summed E-state index contributed by atoms with van der Waals surface area (Å²) in [5, 5.41) is 6.10.